The molecule has 1 aromatic rings. The summed E-state index contributed by atoms with van der Waals surface area (Å²) in [6.07, 6.45) is 0. The summed E-state index contributed by atoms with van der Waals surface area (Å²) >= 11 is 0. The third kappa shape index (κ3) is 1.52. The lowest BCUT2D eigenvalue weighted by atomic mass is 10.2. The molecule has 0 heterocycles. The van der Waals surface area contributed by atoms with Gasteiger partial charge in [-0.1, -0.05) is 17.4 Å². The van der Waals surface area contributed by atoms with Crippen molar-refractivity contribution in [2.45, 2.75) is 0 Å². The van der Waals surface area contributed by atoms with Crippen molar-refractivity contribution < 1.29 is 20.3 Å². The minimum Gasteiger partial charge on any atom is -0.507 e. The van der Waals surface area contributed by atoms with Crippen LogP contribution in [0.5, 0.6) is 5.75 Å². The van der Waals surface area contributed by atoms with Crippen LogP contribution in [0.2, 0.25) is 0 Å². The number of rotatable bonds is 1. The summed E-state index contributed by atoms with van der Waals surface area (Å²) in [6.45, 7) is 0. The molecular formula is C7H7NO4. The van der Waals surface area contributed by atoms with Gasteiger partial charge in [-0.05, 0) is 12.1 Å². The molecule has 0 aliphatic heterocycles. The third-order valence-corrected chi connectivity index (χ3v) is 1.32. The van der Waals surface area contributed by atoms with Gasteiger partial charge in [0.2, 0.25) is 0 Å². The highest BCUT2D eigenvalue weighted by Gasteiger charge is 2.14. The second-order valence-electron chi connectivity index (χ2n) is 2.11. The summed E-state index contributed by atoms with van der Waals surface area (Å²) in [5.74, 6) is -1.37. The van der Waals surface area contributed by atoms with Gasteiger partial charge in [0, 0.05) is 0 Å². The molecule has 64 valence electrons. The molecule has 0 spiro atoms. The molecule has 0 saturated heterocycles. The minimum atomic E-state index is -1.08. The second kappa shape index (κ2) is 3.21. The van der Waals surface area contributed by atoms with E-state index >= 15 is 0 Å². The van der Waals surface area contributed by atoms with Gasteiger partial charge in [0.15, 0.2) is 0 Å². The fourth-order valence-corrected chi connectivity index (χ4v) is 0.762. The average Bonchev–Trinajstić information content (AvgIpc) is 2.04. The van der Waals surface area contributed by atoms with Crippen LogP contribution in [0.15, 0.2) is 24.3 Å². The van der Waals surface area contributed by atoms with Crippen LogP contribution in [0, 0.1) is 0 Å². The van der Waals surface area contributed by atoms with Crippen LogP contribution < -0.4 is 0 Å². The number of hydroxylamine groups is 2. The number of phenolic OH excluding ortho intramolecular Hbond substituents is 1. The van der Waals surface area contributed by atoms with E-state index in [1.165, 1.54) is 24.3 Å². The molecule has 1 rings (SSSR count). The van der Waals surface area contributed by atoms with Crippen LogP contribution >= 0.6 is 0 Å². The number of para-hydroxylation sites is 1. The highest BCUT2D eigenvalue weighted by Crippen LogP contribution is 2.16. The smallest absolute Gasteiger partial charge is 0.307 e. The number of hydrogen-bond donors (Lipinski definition) is 3. The monoisotopic (exact) mass is 169 g/mol. The SMILES string of the molecule is O=C(c1ccccc1O)N(O)O. The lowest BCUT2D eigenvalue weighted by molar-refractivity contribution is -0.260. The Balaban J connectivity index is 3.03. The Morgan fingerprint density at radius 3 is 2.33 bits per heavy atom. The summed E-state index contributed by atoms with van der Waals surface area (Å²) in [7, 11) is 0. The van der Waals surface area contributed by atoms with Crippen molar-refractivity contribution in [3.05, 3.63) is 29.8 Å². The van der Waals surface area contributed by atoms with E-state index in [0.717, 1.165) is 0 Å². The Hall–Kier alpha value is -1.59. The molecule has 0 aromatic heterocycles. The van der Waals surface area contributed by atoms with Crippen molar-refractivity contribution in [3.8, 4) is 5.75 Å². The van der Waals surface area contributed by atoms with E-state index in [4.69, 9.17) is 15.5 Å². The summed E-state index contributed by atoms with van der Waals surface area (Å²) in [4.78, 5) is 10.8. The molecule has 5 heteroatoms. The maximum absolute atomic E-state index is 10.8. The highest BCUT2D eigenvalue weighted by molar-refractivity contribution is 5.95. The first-order valence-electron chi connectivity index (χ1n) is 3.13. The first-order chi connectivity index (χ1) is 5.63. The minimum absolute atomic E-state index is 0.164. The first-order valence-corrected chi connectivity index (χ1v) is 3.13. The molecule has 5 nitrogen and oxygen atoms in total. The molecule has 1 amide bonds. The van der Waals surface area contributed by atoms with E-state index in [0.29, 0.717) is 0 Å². The Morgan fingerprint density at radius 1 is 1.25 bits per heavy atom. The topological polar surface area (TPSA) is 81.0 Å². The van der Waals surface area contributed by atoms with Crippen molar-refractivity contribution in [1.29, 1.82) is 0 Å². The molecule has 1 aromatic carbocycles. The van der Waals surface area contributed by atoms with Gasteiger partial charge in [-0.15, -0.1) is 0 Å². The van der Waals surface area contributed by atoms with Gasteiger partial charge >= 0.3 is 5.91 Å². The molecule has 0 aliphatic carbocycles. The van der Waals surface area contributed by atoms with Gasteiger partial charge < -0.3 is 5.11 Å². The van der Waals surface area contributed by atoms with Gasteiger partial charge in [0.1, 0.15) is 5.75 Å². The largest absolute Gasteiger partial charge is 0.507 e. The van der Waals surface area contributed by atoms with Crippen LogP contribution in [0.25, 0.3) is 0 Å². The molecule has 0 saturated carbocycles. The Morgan fingerprint density at radius 2 is 1.83 bits per heavy atom. The normalized spacial score (nSPS) is 9.50. The number of nitrogens with zero attached hydrogens (tertiary/aromatic N) is 1. The number of hydrogen-bond acceptors (Lipinski definition) is 4. The molecule has 0 fully saturated rings. The van der Waals surface area contributed by atoms with Crippen molar-refractivity contribution >= 4 is 5.91 Å². The van der Waals surface area contributed by atoms with Crippen LogP contribution in [-0.2, 0) is 0 Å². The number of carbonyl (C=O) groups is 1. The summed E-state index contributed by atoms with van der Waals surface area (Å²) in [5, 5.41) is 25.1. The van der Waals surface area contributed by atoms with E-state index in [1.807, 2.05) is 0 Å². The van der Waals surface area contributed by atoms with Crippen molar-refractivity contribution in [2.24, 2.45) is 0 Å². The number of phenols is 1. The summed E-state index contributed by atoms with van der Waals surface area (Å²) in [6, 6.07) is 5.56. The molecule has 0 unspecified atom stereocenters. The Labute approximate surface area is 68.0 Å². The molecule has 0 radical (unpaired) electrons. The quantitative estimate of drug-likeness (QED) is 0.425. The lowest BCUT2D eigenvalue weighted by Crippen LogP contribution is -2.23. The van der Waals surface area contributed by atoms with Gasteiger partial charge in [0.25, 0.3) is 0 Å². The second-order valence-corrected chi connectivity index (χ2v) is 2.11. The van der Waals surface area contributed by atoms with Crippen LogP contribution in [0.3, 0.4) is 0 Å². The fourth-order valence-electron chi connectivity index (χ4n) is 0.762. The van der Waals surface area contributed by atoms with Crippen molar-refractivity contribution in [2.75, 3.05) is 0 Å². The number of carbonyl (C=O) groups excluding carboxylic acids is 1. The van der Waals surface area contributed by atoms with E-state index in [9.17, 15) is 4.79 Å². The van der Waals surface area contributed by atoms with Gasteiger partial charge in [0.05, 0.1) is 5.56 Å². The number of amides is 1. The Kier molecular flexibility index (Phi) is 2.27. The van der Waals surface area contributed by atoms with Gasteiger partial charge in [-0.3, -0.25) is 15.2 Å². The summed E-state index contributed by atoms with van der Waals surface area (Å²) < 4.78 is 0. The maximum atomic E-state index is 10.8. The molecule has 3 N–H and O–H groups in total. The van der Waals surface area contributed by atoms with E-state index in [1.54, 1.807) is 0 Å². The van der Waals surface area contributed by atoms with Crippen LogP contribution in [0.4, 0.5) is 0 Å². The molecule has 12 heavy (non-hydrogen) atoms. The van der Waals surface area contributed by atoms with Crippen LogP contribution in [0.1, 0.15) is 10.4 Å². The Bertz CT molecular complexity index is 297. The fraction of sp³-hybridized carbons (Fsp3) is 0. The third-order valence-electron chi connectivity index (χ3n) is 1.32. The molecular weight excluding hydrogens is 162 g/mol. The van der Waals surface area contributed by atoms with E-state index in [2.05, 4.69) is 0 Å². The van der Waals surface area contributed by atoms with E-state index in [-0.39, 0.29) is 11.3 Å². The molecule has 0 bridgehead atoms. The van der Waals surface area contributed by atoms with Crippen molar-refractivity contribution in [3.63, 3.8) is 0 Å². The predicted molar refractivity (Wildman–Crippen MR) is 37.8 cm³/mol. The zero-order chi connectivity index (χ0) is 9.14. The summed E-state index contributed by atoms with van der Waals surface area (Å²) in [5.41, 5.74) is -0.164. The predicted octanol–water partition coefficient (Wildman–Crippen LogP) is 0.613. The maximum Gasteiger partial charge on any atom is 0.307 e. The molecule has 0 aliphatic rings. The lowest BCUT2D eigenvalue weighted by Gasteiger charge is -2.06. The van der Waals surface area contributed by atoms with Crippen LogP contribution in [-0.4, -0.2) is 26.7 Å². The highest BCUT2D eigenvalue weighted by atomic mass is 16.8. The van der Waals surface area contributed by atoms with Gasteiger partial charge in [-0.25, -0.2) is 0 Å². The van der Waals surface area contributed by atoms with Gasteiger partial charge in [-0.2, -0.15) is 0 Å². The number of aromatic hydroxyl groups is 1. The van der Waals surface area contributed by atoms with E-state index < -0.39 is 11.1 Å². The van der Waals surface area contributed by atoms with Crippen molar-refractivity contribution in [1.82, 2.24) is 5.23 Å². The molecule has 0 atom stereocenters. The zero-order valence-electron chi connectivity index (χ0n) is 6.01. The number of benzene rings is 1. The standard InChI is InChI=1S/C7H7NO4/c9-6-4-2-1-3-5(6)7(10)8(11)12/h1-4,9,11-12H. The average molecular weight is 169 g/mol. The first kappa shape index (κ1) is 8.51. The zero-order valence-corrected chi connectivity index (χ0v) is 6.01.